The molecule has 0 aliphatic carbocycles. The van der Waals surface area contributed by atoms with Crippen molar-refractivity contribution in [2.45, 2.75) is 20.1 Å². The summed E-state index contributed by atoms with van der Waals surface area (Å²) in [5.41, 5.74) is 3.91. The second kappa shape index (κ2) is 10.5. The minimum atomic E-state index is -0.00934. The maximum absolute atomic E-state index is 9.52. The van der Waals surface area contributed by atoms with Gasteiger partial charge in [-0.05, 0) is 47.9 Å². The average Bonchev–Trinajstić information content (AvgIpc) is 2.76. The van der Waals surface area contributed by atoms with E-state index in [1.165, 1.54) is 0 Å². The molecule has 0 amide bonds. The van der Waals surface area contributed by atoms with Gasteiger partial charge in [-0.2, -0.15) is 0 Å². The summed E-state index contributed by atoms with van der Waals surface area (Å²) in [5, 5.41) is 9.52. The van der Waals surface area contributed by atoms with Crippen molar-refractivity contribution in [3.63, 3.8) is 0 Å². The first-order valence-corrected chi connectivity index (χ1v) is 9.51. The molecule has 0 fully saturated rings. The van der Waals surface area contributed by atoms with Gasteiger partial charge in [0.25, 0.3) is 0 Å². The topological polar surface area (TPSA) is 47.9 Å². The van der Waals surface area contributed by atoms with Gasteiger partial charge in [0.2, 0.25) is 0 Å². The molecule has 0 saturated carbocycles. The van der Waals surface area contributed by atoms with Crippen LogP contribution in [0.5, 0.6) is 11.5 Å². The van der Waals surface area contributed by atoms with Gasteiger partial charge in [-0.3, -0.25) is 0 Å². The van der Waals surface area contributed by atoms with Crippen molar-refractivity contribution in [2.75, 3.05) is 19.8 Å². The first kappa shape index (κ1) is 19.9. The lowest BCUT2D eigenvalue weighted by Crippen LogP contribution is -2.06. The van der Waals surface area contributed by atoms with Crippen LogP contribution in [0.2, 0.25) is 0 Å². The van der Waals surface area contributed by atoms with E-state index in [1.807, 2.05) is 79.7 Å². The molecule has 0 heterocycles. The molecular weight excluding hydrogens is 352 g/mol. The summed E-state index contributed by atoms with van der Waals surface area (Å²) in [5.74, 6) is 1.58. The van der Waals surface area contributed by atoms with Gasteiger partial charge >= 0.3 is 0 Å². The van der Waals surface area contributed by atoms with Crippen molar-refractivity contribution in [1.29, 1.82) is 0 Å². The van der Waals surface area contributed by atoms with Crippen LogP contribution in [-0.4, -0.2) is 24.9 Å². The van der Waals surface area contributed by atoms with Crippen LogP contribution in [0.25, 0.3) is 11.1 Å². The van der Waals surface area contributed by atoms with E-state index < -0.39 is 0 Å². The first-order valence-electron chi connectivity index (χ1n) is 9.51. The van der Waals surface area contributed by atoms with Gasteiger partial charge < -0.3 is 19.3 Å². The summed E-state index contributed by atoms with van der Waals surface area (Å²) < 4.78 is 17.0. The molecule has 146 valence electrons. The van der Waals surface area contributed by atoms with Crippen molar-refractivity contribution in [1.82, 2.24) is 0 Å². The number of aliphatic hydroxyl groups excluding tert-OH is 1. The molecule has 3 aromatic rings. The molecular formula is C24H26O4. The summed E-state index contributed by atoms with van der Waals surface area (Å²) in [6, 6.07) is 23.7. The molecule has 0 spiro atoms. The van der Waals surface area contributed by atoms with Crippen LogP contribution >= 0.6 is 0 Å². The maximum atomic E-state index is 9.52. The fourth-order valence-electron chi connectivity index (χ4n) is 2.86. The van der Waals surface area contributed by atoms with Crippen molar-refractivity contribution in [2.24, 2.45) is 0 Å². The summed E-state index contributed by atoms with van der Waals surface area (Å²) in [7, 11) is 0. The molecule has 0 aliphatic rings. The maximum Gasteiger partial charge on any atom is 0.127 e. The third-order valence-corrected chi connectivity index (χ3v) is 4.33. The van der Waals surface area contributed by atoms with Crippen LogP contribution in [-0.2, 0) is 18.0 Å². The van der Waals surface area contributed by atoms with E-state index >= 15 is 0 Å². The molecule has 4 nitrogen and oxygen atoms in total. The quantitative estimate of drug-likeness (QED) is 0.513. The molecule has 0 radical (unpaired) electrons. The number of aliphatic hydroxyl groups is 1. The van der Waals surface area contributed by atoms with Crippen LogP contribution < -0.4 is 9.47 Å². The molecule has 28 heavy (non-hydrogen) atoms. The SMILES string of the molecule is CCOCCOc1ccc(-c2cc(CO)ccc2OCc2ccccc2)cc1. The highest BCUT2D eigenvalue weighted by atomic mass is 16.5. The smallest absolute Gasteiger partial charge is 0.127 e. The van der Waals surface area contributed by atoms with E-state index in [-0.39, 0.29) is 6.61 Å². The minimum Gasteiger partial charge on any atom is -0.491 e. The monoisotopic (exact) mass is 378 g/mol. The Morgan fingerprint density at radius 2 is 1.57 bits per heavy atom. The van der Waals surface area contributed by atoms with Crippen molar-refractivity contribution in [3.8, 4) is 22.6 Å². The largest absolute Gasteiger partial charge is 0.491 e. The molecule has 3 aromatic carbocycles. The molecule has 0 aliphatic heterocycles. The Morgan fingerprint density at radius 3 is 2.29 bits per heavy atom. The molecule has 0 bridgehead atoms. The lowest BCUT2D eigenvalue weighted by molar-refractivity contribution is 0.110. The summed E-state index contributed by atoms with van der Waals surface area (Å²) in [4.78, 5) is 0. The van der Waals surface area contributed by atoms with E-state index in [1.54, 1.807) is 0 Å². The molecule has 3 rings (SSSR count). The summed E-state index contributed by atoms with van der Waals surface area (Å²) in [6.45, 7) is 4.24. The summed E-state index contributed by atoms with van der Waals surface area (Å²) in [6.07, 6.45) is 0. The van der Waals surface area contributed by atoms with Crippen LogP contribution in [0.3, 0.4) is 0 Å². The average molecular weight is 378 g/mol. The predicted molar refractivity (Wildman–Crippen MR) is 111 cm³/mol. The highest BCUT2D eigenvalue weighted by Gasteiger charge is 2.09. The van der Waals surface area contributed by atoms with Crippen molar-refractivity contribution in [3.05, 3.63) is 83.9 Å². The third-order valence-electron chi connectivity index (χ3n) is 4.33. The number of benzene rings is 3. The molecule has 4 heteroatoms. The molecule has 0 aromatic heterocycles. The van der Waals surface area contributed by atoms with E-state index in [0.29, 0.717) is 26.4 Å². The van der Waals surface area contributed by atoms with Crippen molar-refractivity contribution < 1.29 is 19.3 Å². The third kappa shape index (κ3) is 5.59. The Hall–Kier alpha value is -2.82. The van der Waals surface area contributed by atoms with E-state index in [0.717, 1.165) is 33.8 Å². The normalized spacial score (nSPS) is 10.6. The van der Waals surface area contributed by atoms with Crippen LogP contribution in [0.1, 0.15) is 18.1 Å². The highest BCUT2D eigenvalue weighted by molar-refractivity contribution is 5.71. The Labute approximate surface area is 166 Å². The summed E-state index contributed by atoms with van der Waals surface area (Å²) >= 11 is 0. The fraction of sp³-hybridized carbons (Fsp3) is 0.250. The van der Waals surface area contributed by atoms with Gasteiger partial charge in [-0.15, -0.1) is 0 Å². The van der Waals surface area contributed by atoms with Crippen LogP contribution in [0.15, 0.2) is 72.8 Å². The van der Waals surface area contributed by atoms with Gasteiger partial charge in [0.15, 0.2) is 0 Å². The Balaban J connectivity index is 1.75. The standard InChI is InChI=1S/C24H26O4/c1-2-26-14-15-27-22-11-9-21(10-12-22)23-16-20(17-25)8-13-24(23)28-18-19-6-4-3-5-7-19/h3-13,16,25H,2,14-15,17-18H2,1H3. The zero-order valence-corrected chi connectivity index (χ0v) is 16.1. The Kier molecular flexibility index (Phi) is 7.47. The van der Waals surface area contributed by atoms with Gasteiger partial charge in [0.05, 0.1) is 13.2 Å². The van der Waals surface area contributed by atoms with Crippen molar-refractivity contribution >= 4 is 0 Å². The Morgan fingerprint density at radius 1 is 0.786 bits per heavy atom. The van der Waals surface area contributed by atoms with E-state index in [2.05, 4.69) is 0 Å². The molecule has 0 atom stereocenters. The molecule has 0 unspecified atom stereocenters. The second-order valence-electron chi connectivity index (χ2n) is 6.33. The number of hydrogen-bond acceptors (Lipinski definition) is 4. The fourth-order valence-corrected chi connectivity index (χ4v) is 2.86. The zero-order chi connectivity index (χ0) is 19.6. The molecule has 1 N–H and O–H groups in total. The number of rotatable bonds is 10. The van der Waals surface area contributed by atoms with Gasteiger partial charge in [-0.25, -0.2) is 0 Å². The Bertz CT molecular complexity index is 844. The van der Waals surface area contributed by atoms with Gasteiger partial charge in [-0.1, -0.05) is 48.5 Å². The van der Waals surface area contributed by atoms with Crippen LogP contribution in [0.4, 0.5) is 0 Å². The number of hydrogen-bond donors (Lipinski definition) is 1. The highest BCUT2D eigenvalue weighted by Crippen LogP contribution is 2.33. The molecule has 0 saturated heterocycles. The van der Waals surface area contributed by atoms with Crippen LogP contribution in [0, 0.1) is 0 Å². The lowest BCUT2D eigenvalue weighted by Gasteiger charge is -2.14. The number of ether oxygens (including phenoxy) is 3. The second-order valence-corrected chi connectivity index (χ2v) is 6.33. The lowest BCUT2D eigenvalue weighted by atomic mass is 10.0. The van der Waals surface area contributed by atoms with Gasteiger partial charge in [0, 0.05) is 12.2 Å². The zero-order valence-electron chi connectivity index (χ0n) is 16.1. The first-order chi connectivity index (χ1) is 13.8. The van der Waals surface area contributed by atoms with E-state index in [4.69, 9.17) is 14.2 Å². The van der Waals surface area contributed by atoms with E-state index in [9.17, 15) is 5.11 Å². The van der Waals surface area contributed by atoms with Gasteiger partial charge in [0.1, 0.15) is 24.7 Å². The minimum absolute atomic E-state index is 0.00934. The predicted octanol–water partition coefficient (Wildman–Crippen LogP) is 4.84.